The second kappa shape index (κ2) is 4.92. The molecule has 1 aromatic heterocycles. The van der Waals surface area contributed by atoms with Crippen molar-refractivity contribution in [2.45, 2.75) is 11.1 Å². The molecule has 2 heterocycles. The van der Waals surface area contributed by atoms with Crippen molar-refractivity contribution < 1.29 is 18.3 Å². The predicted molar refractivity (Wildman–Crippen MR) is 71.1 cm³/mol. The average molecular weight is 354 g/mol. The van der Waals surface area contributed by atoms with Gasteiger partial charge in [-0.25, -0.2) is 8.42 Å². The molecular formula is C10H12BrNO4S2. The summed E-state index contributed by atoms with van der Waals surface area (Å²) in [6.45, 7) is 2.07. The lowest BCUT2D eigenvalue weighted by molar-refractivity contribution is -0.142. The van der Waals surface area contributed by atoms with Crippen molar-refractivity contribution in [1.29, 1.82) is 0 Å². The Morgan fingerprint density at radius 1 is 1.50 bits per heavy atom. The van der Waals surface area contributed by atoms with Gasteiger partial charge in [0.2, 0.25) is 0 Å². The molecule has 18 heavy (non-hydrogen) atoms. The number of nitrogens with zero attached hydrogens (tertiary/aromatic N) is 1. The van der Waals surface area contributed by atoms with Crippen molar-refractivity contribution in [3.8, 4) is 0 Å². The van der Waals surface area contributed by atoms with Crippen LogP contribution in [0.25, 0.3) is 0 Å². The minimum Gasteiger partial charge on any atom is -0.481 e. The standard InChI is InChI=1S/C10H12BrNO4S2/c1-6-4-12(5-7(6)10(13)14)18(15,16)9-3-2-8(11)17-9/h2-3,6-7H,4-5H2,1H3,(H,13,14). The quantitative estimate of drug-likeness (QED) is 0.899. The number of aliphatic carboxylic acids is 1. The predicted octanol–water partition coefficient (Wildman–Crippen LogP) is 1.85. The van der Waals surface area contributed by atoms with E-state index in [2.05, 4.69) is 15.9 Å². The lowest BCUT2D eigenvalue weighted by Crippen LogP contribution is -2.29. The third kappa shape index (κ3) is 2.47. The number of carbonyl (C=O) groups is 1. The van der Waals surface area contributed by atoms with Gasteiger partial charge in [0.15, 0.2) is 0 Å². The van der Waals surface area contributed by atoms with Crippen LogP contribution >= 0.6 is 27.3 Å². The summed E-state index contributed by atoms with van der Waals surface area (Å²) < 4.78 is 26.8. The summed E-state index contributed by atoms with van der Waals surface area (Å²) in [5.74, 6) is -1.73. The Bertz CT molecular complexity index is 568. The van der Waals surface area contributed by atoms with E-state index in [0.717, 1.165) is 15.1 Å². The Morgan fingerprint density at radius 2 is 2.17 bits per heavy atom. The molecule has 1 fully saturated rings. The highest BCUT2D eigenvalue weighted by atomic mass is 79.9. The molecule has 1 aliphatic heterocycles. The molecule has 2 atom stereocenters. The van der Waals surface area contributed by atoms with E-state index in [-0.39, 0.29) is 23.2 Å². The average Bonchev–Trinajstić information content (AvgIpc) is 2.84. The minimum atomic E-state index is -3.56. The summed E-state index contributed by atoms with van der Waals surface area (Å²) in [4.78, 5) is 11.0. The van der Waals surface area contributed by atoms with Gasteiger partial charge in [-0.1, -0.05) is 6.92 Å². The fourth-order valence-corrected chi connectivity index (χ4v) is 5.73. The van der Waals surface area contributed by atoms with Crippen LogP contribution in [0.3, 0.4) is 0 Å². The molecule has 0 spiro atoms. The van der Waals surface area contributed by atoms with Crippen LogP contribution in [0.5, 0.6) is 0 Å². The van der Waals surface area contributed by atoms with Gasteiger partial charge in [-0.3, -0.25) is 4.79 Å². The number of hydrogen-bond donors (Lipinski definition) is 1. The van der Waals surface area contributed by atoms with Gasteiger partial charge in [0.05, 0.1) is 9.70 Å². The highest BCUT2D eigenvalue weighted by Crippen LogP contribution is 2.33. The van der Waals surface area contributed by atoms with Crippen molar-refractivity contribution >= 4 is 43.3 Å². The highest BCUT2D eigenvalue weighted by Gasteiger charge is 2.41. The first-order valence-corrected chi connectivity index (χ1v) is 8.35. The van der Waals surface area contributed by atoms with Gasteiger partial charge in [-0.05, 0) is 34.0 Å². The molecule has 1 saturated heterocycles. The molecule has 100 valence electrons. The lowest BCUT2D eigenvalue weighted by Gasteiger charge is -2.14. The summed E-state index contributed by atoms with van der Waals surface area (Å²) >= 11 is 4.35. The fourth-order valence-electron chi connectivity index (χ4n) is 2.00. The molecule has 8 heteroatoms. The summed E-state index contributed by atoms with van der Waals surface area (Å²) in [7, 11) is -3.56. The molecule has 0 amide bonds. The topological polar surface area (TPSA) is 74.7 Å². The number of carboxylic acids is 1. The van der Waals surface area contributed by atoms with Crippen LogP contribution in [0.2, 0.25) is 0 Å². The zero-order valence-electron chi connectivity index (χ0n) is 9.54. The van der Waals surface area contributed by atoms with E-state index >= 15 is 0 Å². The van der Waals surface area contributed by atoms with Crippen LogP contribution in [-0.2, 0) is 14.8 Å². The van der Waals surface area contributed by atoms with Gasteiger partial charge in [0.1, 0.15) is 4.21 Å². The molecule has 1 aromatic rings. The van der Waals surface area contributed by atoms with E-state index in [1.807, 2.05) is 0 Å². The SMILES string of the molecule is CC1CN(S(=O)(=O)c2ccc(Br)s2)CC1C(=O)O. The van der Waals surface area contributed by atoms with Crippen LogP contribution in [0, 0.1) is 11.8 Å². The normalized spacial score (nSPS) is 25.4. The molecule has 0 aliphatic carbocycles. The first kappa shape index (κ1) is 14.0. The first-order valence-electron chi connectivity index (χ1n) is 5.30. The summed E-state index contributed by atoms with van der Waals surface area (Å²) in [5, 5.41) is 9.02. The highest BCUT2D eigenvalue weighted by molar-refractivity contribution is 9.11. The monoisotopic (exact) mass is 353 g/mol. The van der Waals surface area contributed by atoms with Crippen molar-refractivity contribution in [3.05, 3.63) is 15.9 Å². The number of halogens is 1. The van der Waals surface area contributed by atoms with Crippen molar-refractivity contribution in [2.75, 3.05) is 13.1 Å². The van der Waals surface area contributed by atoms with E-state index in [0.29, 0.717) is 0 Å². The molecule has 0 saturated carbocycles. The second-order valence-corrected chi connectivity index (χ2v) is 8.93. The maximum Gasteiger partial charge on any atom is 0.308 e. The van der Waals surface area contributed by atoms with E-state index in [1.165, 1.54) is 10.4 Å². The van der Waals surface area contributed by atoms with Gasteiger partial charge in [0, 0.05) is 13.1 Å². The third-order valence-corrected chi connectivity index (χ3v) is 6.96. The molecule has 5 nitrogen and oxygen atoms in total. The minimum absolute atomic E-state index is 0.0500. The zero-order chi connectivity index (χ0) is 13.5. The summed E-state index contributed by atoms with van der Waals surface area (Å²) in [5.41, 5.74) is 0. The Hall–Kier alpha value is -0.440. The number of carboxylic acid groups (broad SMARTS) is 1. The number of rotatable bonds is 3. The van der Waals surface area contributed by atoms with Crippen LogP contribution in [0.4, 0.5) is 0 Å². The first-order chi connectivity index (χ1) is 8.32. The summed E-state index contributed by atoms with van der Waals surface area (Å²) in [6, 6.07) is 3.20. The van der Waals surface area contributed by atoms with Gasteiger partial charge in [-0.2, -0.15) is 4.31 Å². The zero-order valence-corrected chi connectivity index (χ0v) is 12.8. The Morgan fingerprint density at radius 3 is 2.61 bits per heavy atom. The molecule has 0 aromatic carbocycles. The van der Waals surface area contributed by atoms with E-state index < -0.39 is 21.9 Å². The maximum atomic E-state index is 12.3. The van der Waals surface area contributed by atoms with E-state index in [1.54, 1.807) is 13.0 Å². The maximum absolute atomic E-state index is 12.3. The van der Waals surface area contributed by atoms with Crippen LogP contribution < -0.4 is 0 Å². The Balaban J connectivity index is 2.26. The van der Waals surface area contributed by atoms with E-state index in [4.69, 9.17) is 5.11 Å². The van der Waals surface area contributed by atoms with E-state index in [9.17, 15) is 13.2 Å². The lowest BCUT2D eigenvalue weighted by atomic mass is 9.99. The van der Waals surface area contributed by atoms with Gasteiger partial charge < -0.3 is 5.11 Å². The van der Waals surface area contributed by atoms with Crippen LogP contribution in [0.15, 0.2) is 20.1 Å². The molecule has 1 N–H and O–H groups in total. The number of hydrogen-bond acceptors (Lipinski definition) is 4. The van der Waals surface area contributed by atoms with Crippen LogP contribution in [0.1, 0.15) is 6.92 Å². The molecular weight excluding hydrogens is 342 g/mol. The number of sulfonamides is 1. The molecule has 2 rings (SSSR count). The second-order valence-electron chi connectivity index (χ2n) is 4.30. The number of thiophene rings is 1. The van der Waals surface area contributed by atoms with Crippen molar-refractivity contribution in [3.63, 3.8) is 0 Å². The fraction of sp³-hybridized carbons (Fsp3) is 0.500. The smallest absolute Gasteiger partial charge is 0.308 e. The molecule has 0 bridgehead atoms. The van der Waals surface area contributed by atoms with Crippen molar-refractivity contribution in [2.24, 2.45) is 11.8 Å². The molecule has 1 aliphatic rings. The third-order valence-electron chi connectivity index (χ3n) is 3.04. The van der Waals surface area contributed by atoms with Gasteiger partial charge >= 0.3 is 5.97 Å². The molecule has 2 unspecified atom stereocenters. The van der Waals surface area contributed by atoms with Gasteiger partial charge in [-0.15, -0.1) is 11.3 Å². The summed E-state index contributed by atoms with van der Waals surface area (Å²) in [6.07, 6.45) is 0. The Labute approximate surface area is 118 Å². The molecule has 0 radical (unpaired) electrons. The van der Waals surface area contributed by atoms with Crippen LogP contribution in [-0.4, -0.2) is 36.9 Å². The van der Waals surface area contributed by atoms with Crippen molar-refractivity contribution in [1.82, 2.24) is 4.31 Å². The largest absolute Gasteiger partial charge is 0.481 e. The Kier molecular flexibility index (Phi) is 3.82. The van der Waals surface area contributed by atoms with Gasteiger partial charge in [0.25, 0.3) is 10.0 Å².